The Bertz CT molecular complexity index is 105. The molecule has 0 heterocycles. The summed E-state index contributed by atoms with van der Waals surface area (Å²) >= 11 is 5.71. The van der Waals surface area contributed by atoms with Gasteiger partial charge in [0, 0.05) is 5.03 Å². The lowest BCUT2D eigenvalue weighted by molar-refractivity contribution is 1.43. The molecule has 0 rings (SSSR count). The summed E-state index contributed by atoms with van der Waals surface area (Å²) in [5, 5.41) is 0.840. The second-order valence-electron chi connectivity index (χ2n) is 1.61. The van der Waals surface area contributed by atoms with Crippen LogP contribution in [0.3, 0.4) is 0 Å². The van der Waals surface area contributed by atoms with Crippen LogP contribution in [0.1, 0.15) is 34.6 Å². The van der Waals surface area contributed by atoms with Crippen LogP contribution >= 0.6 is 11.6 Å². The van der Waals surface area contributed by atoms with Gasteiger partial charge in [-0.1, -0.05) is 37.6 Å². The lowest BCUT2D eigenvalue weighted by atomic mass is 10.3. The Labute approximate surface area is 69.6 Å². The molecule has 1 heteroatoms. The maximum Gasteiger partial charge on any atom is 0.0389 e. The molecule has 0 radical (unpaired) electrons. The minimum absolute atomic E-state index is 0.840. The maximum atomic E-state index is 5.71. The van der Waals surface area contributed by atoms with E-state index in [-0.39, 0.29) is 0 Å². The SMILES string of the molecule is C/C=C(C)\C(Cl)=C/C.CC. The molecule has 0 aromatic heterocycles. The average Bonchev–Trinajstić information content (AvgIpc) is 2.05. The quantitative estimate of drug-likeness (QED) is 0.507. The van der Waals surface area contributed by atoms with E-state index in [9.17, 15) is 0 Å². The van der Waals surface area contributed by atoms with E-state index in [4.69, 9.17) is 11.6 Å². The van der Waals surface area contributed by atoms with Crippen molar-refractivity contribution >= 4 is 11.6 Å². The first-order valence-electron chi connectivity index (χ1n) is 3.67. The fourth-order valence-corrected chi connectivity index (χ4v) is 0.475. The van der Waals surface area contributed by atoms with Gasteiger partial charge in [0.2, 0.25) is 0 Å². The predicted octanol–water partition coefficient (Wildman–Crippen LogP) is 4.12. The van der Waals surface area contributed by atoms with Crippen LogP contribution in [-0.4, -0.2) is 0 Å². The molecule has 0 nitrogen and oxygen atoms in total. The highest BCUT2D eigenvalue weighted by Gasteiger charge is 1.87. The van der Waals surface area contributed by atoms with Crippen molar-refractivity contribution in [1.29, 1.82) is 0 Å². The first-order chi connectivity index (χ1) is 4.72. The summed E-state index contributed by atoms with van der Waals surface area (Å²) in [7, 11) is 0. The highest BCUT2D eigenvalue weighted by molar-refractivity contribution is 6.31. The summed E-state index contributed by atoms with van der Waals surface area (Å²) in [6, 6.07) is 0. The maximum absolute atomic E-state index is 5.71. The van der Waals surface area contributed by atoms with Crippen molar-refractivity contribution in [3.63, 3.8) is 0 Å². The van der Waals surface area contributed by atoms with Gasteiger partial charge in [0.25, 0.3) is 0 Å². The van der Waals surface area contributed by atoms with Crippen molar-refractivity contribution in [2.75, 3.05) is 0 Å². The smallest absolute Gasteiger partial charge is 0.0389 e. The van der Waals surface area contributed by atoms with E-state index in [1.807, 2.05) is 46.8 Å². The van der Waals surface area contributed by atoms with Crippen LogP contribution in [0, 0.1) is 0 Å². The first-order valence-corrected chi connectivity index (χ1v) is 4.05. The summed E-state index contributed by atoms with van der Waals surface area (Å²) in [4.78, 5) is 0. The molecular formula is C9H17Cl. The molecule has 0 amide bonds. The summed E-state index contributed by atoms with van der Waals surface area (Å²) in [5.74, 6) is 0. The Kier molecular flexibility index (Phi) is 10.9. The average molecular weight is 161 g/mol. The van der Waals surface area contributed by atoms with Gasteiger partial charge in [0.1, 0.15) is 0 Å². The van der Waals surface area contributed by atoms with Crippen molar-refractivity contribution in [3.05, 3.63) is 22.8 Å². The van der Waals surface area contributed by atoms with E-state index >= 15 is 0 Å². The van der Waals surface area contributed by atoms with E-state index in [2.05, 4.69) is 0 Å². The monoisotopic (exact) mass is 160 g/mol. The summed E-state index contributed by atoms with van der Waals surface area (Å²) < 4.78 is 0. The molecule has 0 aliphatic carbocycles. The third-order valence-corrected chi connectivity index (χ3v) is 1.58. The number of halogens is 1. The van der Waals surface area contributed by atoms with Crippen molar-refractivity contribution in [2.24, 2.45) is 0 Å². The Morgan fingerprint density at radius 2 is 1.50 bits per heavy atom. The fourth-order valence-electron chi connectivity index (χ4n) is 0.366. The van der Waals surface area contributed by atoms with Gasteiger partial charge < -0.3 is 0 Å². The molecule has 0 spiro atoms. The molecule has 0 atom stereocenters. The molecule has 0 saturated carbocycles. The Hall–Kier alpha value is -0.230. The topological polar surface area (TPSA) is 0 Å². The second kappa shape index (κ2) is 8.77. The molecule has 60 valence electrons. The van der Waals surface area contributed by atoms with Crippen LogP contribution < -0.4 is 0 Å². The third kappa shape index (κ3) is 5.90. The summed E-state index contributed by atoms with van der Waals surface area (Å²) in [6.45, 7) is 9.89. The van der Waals surface area contributed by atoms with Gasteiger partial charge in [-0.25, -0.2) is 0 Å². The van der Waals surface area contributed by atoms with Gasteiger partial charge in [0.05, 0.1) is 0 Å². The molecule has 0 unspecified atom stereocenters. The van der Waals surface area contributed by atoms with Crippen LogP contribution in [0.15, 0.2) is 22.8 Å². The van der Waals surface area contributed by atoms with Gasteiger partial charge in [-0.15, -0.1) is 0 Å². The van der Waals surface area contributed by atoms with Gasteiger partial charge in [-0.05, 0) is 26.3 Å². The van der Waals surface area contributed by atoms with E-state index in [1.54, 1.807) is 0 Å². The number of allylic oxidation sites excluding steroid dienone is 4. The Balaban J connectivity index is 0. The zero-order valence-electron chi connectivity index (χ0n) is 7.53. The van der Waals surface area contributed by atoms with Crippen LogP contribution in [0.2, 0.25) is 0 Å². The standard InChI is InChI=1S/C7H11Cl.C2H6/c1-4-6(3)7(8)5-2;1-2/h4-5H,1-3H3;1-2H3/b6-4-,7-5+;. The number of hydrogen-bond donors (Lipinski definition) is 0. The third-order valence-electron chi connectivity index (χ3n) is 1.06. The fraction of sp³-hybridized carbons (Fsp3) is 0.556. The zero-order chi connectivity index (χ0) is 8.57. The Morgan fingerprint density at radius 3 is 1.60 bits per heavy atom. The largest absolute Gasteiger partial charge is 0.0844 e. The molecule has 0 aromatic rings. The van der Waals surface area contributed by atoms with E-state index < -0.39 is 0 Å². The van der Waals surface area contributed by atoms with Gasteiger partial charge in [0.15, 0.2) is 0 Å². The molecule has 0 fully saturated rings. The lowest BCUT2D eigenvalue weighted by Gasteiger charge is -1.92. The number of hydrogen-bond acceptors (Lipinski definition) is 0. The molecule has 0 aromatic carbocycles. The van der Waals surface area contributed by atoms with Crippen LogP contribution in [0.4, 0.5) is 0 Å². The molecule has 0 N–H and O–H groups in total. The normalized spacial score (nSPS) is 12.2. The van der Waals surface area contributed by atoms with E-state index in [0.29, 0.717) is 0 Å². The number of rotatable bonds is 1. The first kappa shape index (κ1) is 12.4. The highest BCUT2D eigenvalue weighted by atomic mass is 35.5. The second-order valence-corrected chi connectivity index (χ2v) is 2.02. The van der Waals surface area contributed by atoms with E-state index in [1.165, 1.54) is 0 Å². The highest BCUT2D eigenvalue weighted by Crippen LogP contribution is 2.11. The van der Waals surface area contributed by atoms with Gasteiger partial charge in [-0.3, -0.25) is 0 Å². The van der Waals surface area contributed by atoms with E-state index in [0.717, 1.165) is 10.6 Å². The molecule has 0 saturated heterocycles. The van der Waals surface area contributed by atoms with Crippen LogP contribution in [0.25, 0.3) is 0 Å². The van der Waals surface area contributed by atoms with Gasteiger partial charge in [-0.2, -0.15) is 0 Å². The van der Waals surface area contributed by atoms with Crippen LogP contribution in [-0.2, 0) is 0 Å². The van der Waals surface area contributed by atoms with Crippen LogP contribution in [0.5, 0.6) is 0 Å². The zero-order valence-corrected chi connectivity index (χ0v) is 8.29. The minimum Gasteiger partial charge on any atom is -0.0844 e. The Morgan fingerprint density at radius 1 is 1.10 bits per heavy atom. The van der Waals surface area contributed by atoms with Crippen molar-refractivity contribution in [2.45, 2.75) is 34.6 Å². The molecule has 0 aliphatic heterocycles. The molecule has 0 bridgehead atoms. The molecular weight excluding hydrogens is 144 g/mol. The summed E-state index contributed by atoms with van der Waals surface area (Å²) in [5.41, 5.74) is 1.13. The predicted molar refractivity (Wildman–Crippen MR) is 50.4 cm³/mol. The van der Waals surface area contributed by atoms with Crippen molar-refractivity contribution in [1.82, 2.24) is 0 Å². The van der Waals surface area contributed by atoms with Crippen molar-refractivity contribution in [3.8, 4) is 0 Å². The summed E-state index contributed by atoms with van der Waals surface area (Å²) in [6.07, 6.45) is 3.87. The minimum atomic E-state index is 0.840. The van der Waals surface area contributed by atoms with Gasteiger partial charge >= 0.3 is 0 Å². The molecule has 10 heavy (non-hydrogen) atoms. The lowest BCUT2D eigenvalue weighted by Crippen LogP contribution is -1.70. The van der Waals surface area contributed by atoms with Crippen molar-refractivity contribution < 1.29 is 0 Å². The molecule has 0 aliphatic rings.